The number of halogens is 1. The van der Waals surface area contributed by atoms with E-state index in [1.807, 2.05) is 0 Å². The summed E-state index contributed by atoms with van der Waals surface area (Å²) in [7, 11) is 0. The number of hydrogen-bond acceptors (Lipinski definition) is 3. The summed E-state index contributed by atoms with van der Waals surface area (Å²) >= 11 is 0. The Morgan fingerprint density at radius 2 is 2.10 bits per heavy atom. The second kappa shape index (κ2) is 10.2. The number of ether oxygens (including phenoxy) is 2. The third-order valence-corrected chi connectivity index (χ3v) is 2.54. The van der Waals surface area contributed by atoms with E-state index in [2.05, 4.69) is 18.8 Å². The van der Waals surface area contributed by atoms with E-state index in [1.54, 1.807) is 12.1 Å². The molecule has 0 aliphatic rings. The number of benzene rings is 1. The van der Waals surface area contributed by atoms with Crippen LogP contribution < -0.4 is 4.74 Å². The molecule has 0 aliphatic carbocycles. The third kappa shape index (κ3) is 6.55. The maximum atomic E-state index is 13.7. The van der Waals surface area contributed by atoms with Crippen LogP contribution in [-0.4, -0.2) is 31.5 Å². The van der Waals surface area contributed by atoms with Gasteiger partial charge < -0.3 is 14.6 Å². The molecule has 1 rings (SSSR count). The van der Waals surface area contributed by atoms with Crippen LogP contribution in [0.4, 0.5) is 4.39 Å². The van der Waals surface area contributed by atoms with E-state index in [-0.39, 0.29) is 6.61 Å². The van der Waals surface area contributed by atoms with Crippen LogP contribution in [0.5, 0.6) is 5.75 Å². The lowest BCUT2D eigenvalue weighted by molar-refractivity contribution is 0.0979. The van der Waals surface area contributed by atoms with Crippen LogP contribution in [0, 0.1) is 17.7 Å². The Hall–Kier alpha value is -1.57. The lowest BCUT2D eigenvalue weighted by atomic mass is 10.2. The molecule has 0 radical (unpaired) electrons. The van der Waals surface area contributed by atoms with Crippen molar-refractivity contribution < 1.29 is 19.0 Å². The van der Waals surface area contributed by atoms with Crippen molar-refractivity contribution in [1.29, 1.82) is 0 Å². The predicted octanol–water partition coefficient (Wildman–Crippen LogP) is 2.76. The highest BCUT2D eigenvalue weighted by atomic mass is 19.1. The molecule has 3 nitrogen and oxygen atoms in total. The molecule has 0 atom stereocenters. The van der Waals surface area contributed by atoms with Crippen molar-refractivity contribution in [1.82, 2.24) is 0 Å². The van der Waals surface area contributed by atoms with Crippen LogP contribution in [0.3, 0.4) is 0 Å². The zero-order valence-corrected chi connectivity index (χ0v) is 11.8. The molecule has 0 saturated heterocycles. The normalized spacial score (nSPS) is 9.95. The summed E-state index contributed by atoms with van der Waals surface area (Å²) in [4.78, 5) is 0. The summed E-state index contributed by atoms with van der Waals surface area (Å²) in [5.74, 6) is 5.40. The number of rotatable bonds is 8. The van der Waals surface area contributed by atoms with Gasteiger partial charge >= 0.3 is 0 Å². The van der Waals surface area contributed by atoms with E-state index in [0.29, 0.717) is 30.9 Å². The second-order valence-electron chi connectivity index (χ2n) is 4.23. The molecule has 20 heavy (non-hydrogen) atoms. The molecule has 0 fully saturated rings. The van der Waals surface area contributed by atoms with Crippen LogP contribution in [-0.2, 0) is 4.74 Å². The van der Waals surface area contributed by atoms with Crippen molar-refractivity contribution in [2.24, 2.45) is 0 Å². The third-order valence-electron chi connectivity index (χ3n) is 2.54. The van der Waals surface area contributed by atoms with Gasteiger partial charge in [0.25, 0.3) is 0 Å². The van der Waals surface area contributed by atoms with Crippen LogP contribution in [0.25, 0.3) is 0 Å². The SMILES string of the molecule is CCCCOCCOc1ccc(C#CCCO)c(F)c1. The van der Waals surface area contributed by atoms with Crippen LogP contribution in [0.2, 0.25) is 0 Å². The molecule has 0 spiro atoms. The summed E-state index contributed by atoms with van der Waals surface area (Å²) in [6.07, 6.45) is 2.48. The van der Waals surface area contributed by atoms with Crippen molar-refractivity contribution in [3.63, 3.8) is 0 Å². The zero-order chi connectivity index (χ0) is 14.6. The summed E-state index contributed by atoms with van der Waals surface area (Å²) in [6, 6.07) is 4.57. The largest absolute Gasteiger partial charge is 0.491 e. The van der Waals surface area contributed by atoms with Crippen molar-refractivity contribution in [3.05, 3.63) is 29.6 Å². The number of aliphatic hydroxyl groups excluding tert-OH is 1. The van der Waals surface area contributed by atoms with E-state index in [9.17, 15) is 4.39 Å². The molecule has 0 unspecified atom stereocenters. The standard InChI is InChI=1S/C16H21FO3/c1-2-3-10-19-11-12-20-15-8-7-14(16(17)13-15)6-4-5-9-18/h7-8,13,18H,2-3,5,9-12H2,1H3. The Labute approximate surface area is 119 Å². The highest BCUT2D eigenvalue weighted by Crippen LogP contribution is 2.16. The smallest absolute Gasteiger partial charge is 0.142 e. The highest BCUT2D eigenvalue weighted by Gasteiger charge is 2.02. The van der Waals surface area contributed by atoms with Crippen molar-refractivity contribution in [3.8, 4) is 17.6 Å². The minimum atomic E-state index is -0.417. The van der Waals surface area contributed by atoms with Gasteiger partial charge in [0.15, 0.2) is 0 Å². The van der Waals surface area contributed by atoms with Crippen molar-refractivity contribution >= 4 is 0 Å². The Balaban J connectivity index is 2.38. The van der Waals surface area contributed by atoms with Crippen molar-refractivity contribution in [2.45, 2.75) is 26.2 Å². The Kier molecular flexibility index (Phi) is 8.44. The Bertz CT molecular complexity index is 449. The number of unbranched alkanes of at least 4 members (excludes halogenated alkanes) is 1. The van der Waals surface area contributed by atoms with E-state index < -0.39 is 5.82 Å². The van der Waals surface area contributed by atoms with Gasteiger partial charge in [0.1, 0.15) is 18.2 Å². The molecule has 4 heteroatoms. The lowest BCUT2D eigenvalue weighted by Gasteiger charge is -2.07. The molecule has 0 aromatic heterocycles. The molecule has 0 heterocycles. The van der Waals surface area contributed by atoms with E-state index in [0.717, 1.165) is 19.4 Å². The number of hydrogen-bond donors (Lipinski definition) is 1. The predicted molar refractivity (Wildman–Crippen MR) is 76.2 cm³/mol. The maximum Gasteiger partial charge on any atom is 0.142 e. The van der Waals surface area contributed by atoms with E-state index >= 15 is 0 Å². The molecular weight excluding hydrogens is 259 g/mol. The van der Waals surface area contributed by atoms with E-state index in [4.69, 9.17) is 14.6 Å². The minimum Gasteiger partial charge on any atom is -0.491 e. The van der Waals surface area contributed by atoms with Gasteiger partial charge in [-0.15, -0.1) is 0 Å². The molecule has 0 saturated carbocycles. The minimum absolute atomic E-state index is 0.0200. The molecule has 0 bridgehead atoms. The number of aliphatic hydroxyl groups is 1. The maximum absolute atomic E-state index is 13.7. The topological polar surface area (TPSA) is 38.7 Å². The molecule has 1 N–H and O–H groups in total. The van der Waals surface area contributed by atoms with Gasteiger partial charge in [-0.25, -0.2) is 4.39 Å². The highest BCUT2D eigenvalue weighted by molar-refractivity contribution is 5.39. The Morgan fingerprint density at radius 3 is 2.80 bits per heavy atom. The fourth-order valence-electron chi connectivity index (χ4n) is 1.47. The fourth-order valence-corrected chi connectivity index (χ4v) is 1.47. The van der Waals surface area contributed by atoms with Gasteiger partial charge in [-0.2, -0.15) is 0 Å². The molecule has 1 aromatic rings. The molecule has 1 aromatic carbocycles. The molecule has 0 aliphatic heterocycles. The summed E-state index contributed by atoms with van der Waals surface area (Å²) in [5.41, 5.74) is 0.310. The van der Waals surface area contributed by atoms with Gasteiger partial charge in [0.05, 0.1) is 18.8 Å². The van der Waals surface area contributed by atoms with E-state index in [1.165, 1.54) is 6.07 Å². The summed E-state index contributed by atoms with van der Waals surface area (Å²) in [6.45, 7) is 3.72. The second-order valence-corrected chi connectivity index (χ2v) is 4.23. The van der Waals surface area contributed by atoms with Crippen LogP contribution in [0.15, 0.2) is 18.2 Å². The van der Waals surface area contributed by atoms with Crippen LogP contribution in [0.1, 0.15) is 31.7 Å². The zero-order valence-electron chi connectivity index (χ0n) is 11.8. The first-order valence-corrected chi connectivity index (χ1v) is 6.87. The monoisotopic (exact) mass is 280 g/mol. The average molecular weight is 280 g/mol. The quantitative estimate of drug-likeness (QED) is 0.588. The van der Waals surface area contributed by atoms with Crippen molar-refractivity contribution in [2.75, 3.05) is 26.4 Å². The Morgan fingerprint density at radius 1 is 1.25 bits per heavy atom. The van der Waals surface area contributed by atoms with Crippen LogP contribution >= 0.6 is 0 Å². The summed E-state index contributed by atoms with van der Waals surface area (Å²) in [5, 5.41) is 8.60. The van der Waals surface area contributed by atoms with Gasteiger partial charge in [-0.1, -0.05) is 25.2 Å². The molecule has 110 valence electrons. The molecular formula is C16H21FO3. The first-order valence-electron chi connectivity index (χ1n) is 6.87. The first kappa shape index (κ1) is 16.5. The fraction of sp³-hybridized carbons (Fsp3) is 0.500. The van der Waals surface area contributed by atoms with Gasteiger partial charge in [0.2, 0.25) is 0 Å². The first-order chi connectivity index (χ1) is 9.77. The average Bonchev–Trinajstić information content (AvgIpc) is 2.45. The van der Waals surface area contributed by atoms with Gasteiger partial charge in [-0.3, -0.25) is 0 Å². The summed E-state index contributed by atoms with van der Waals surface area (Å²) < 4.78 is 24.4. The lowest BCUT2D eigenvalue weighted by Crippen LogP contribution is -2.07. The van der Waals surface area contributed by atoms with Gasteiger partial charge in [0, 0.05) is 19.1 Å². The van der Waals surface area contributed by atoms with Gasteiger partial charge in [-0.05, 0) is 18.6 Å². The molecule has 0 amide bonds.